The number of carboxylic acids is 1. The molecule has 1 saturated carbocycles. The third-order valence-corrected chi connectivity index (χ3v) is 8.28. The van der Waals surface area contributed by atoms with Crippen molar-refractivity contribution in [2.24, 2.45) is 16.8 Å². The van der Waals surface area contributed by atoms with Gasteiger partial charge < -0.3 is 15.3 Å². The number of alkyl halides is 6. The minimum absolute atomic E-state index is 0.0512. The molecule has 2 aromatic carbocycles. The van der Waals surface area contributed by atoms with E-state index in [1.54, 1.807) is 6.92 Å². The van der Waals surface area contributed by atoms with E-state index in [2.05, 4.69) is 10.3 Å². The second kappa shape index (κ2) is 12.6. The molecule has 2 aromatic rings. The number of aliphatic carboxylic acids is 1. The van der Waals surface area contributed by atoms with E-state index in [0.717, 1.165) is 4.90 Å². The van der Waals surface area contributed by atoms with E-state index in [4.69, 9.17) is 28.3 Å². The number of amides is 2. The molecule has 15 heteroatoms. The van der Waals surface area contributed by atoms with Crippen molar-refractivity contribution in [2.75, 3.05) is 6.54 Å². The molecule has 7 nitrogen and oxygen atoms in total. The van der Waals surface area contributed by atoms with Gasteiger partial charge in [0, 0.05) is 40.6 Å². The highest BCUT2D eigenvalue weighted by molar-refractivity contribution is 6.47. The molecule has 0 bridgehead atoms. The van der Waals surface area contributed by atoms with Gasteiger partial charge in [0.2, 0.25) is 0 Å². The normalized spacial score (nSPS) is 23.1. The van der Waals surface area contributed by atoms with Crippen LogP contribution in [0.1, 0.15) is 66.6 Å². The van der Waals surface area contributed by atoms with Gasteiger partial charge >= 0.3 is 18.3 Å². The zero-order chi connectivity index (χ0) is 32.6. The van der Waals surface area contributed by atoms with Crippen molar-refractivity contribution < 1.29 is 45.8 Å². The van der Waals surface area contributed by atoms with Crippen molar-refractivity contribution in [3.63, 3.8) is 0 Å². The number of rotatable bonds is 8. The first-order valence-electron chi connectivity index (χ1n) is 13.6. The van der Waals surface area contributed by atoms with Crippen molar-refractivity contribution in [3.05, 3.63) is 69.2 Å². The first kappa shape index (κ1) is 33.6. The summed E-state index contributed by atoms with van der Waals surface area (Å²) in [5.74, 6) is -7.36. The number of hydrogen-bond donors (Lipinski definition) is 2. The number of halogens is 8. The lowest BCUT2D eigenvalue weighted by atomic mass is 9.73. The fourth-order valence-corrected chi connectivity index (χ4v) is 6.43. The second-order valence-corrected chi connectivity index (χ2v) is 11.7. The SMILES string of the molecule is CC[C@H](c1ccc(C(=O)NCCC(=O)O)cc1)N1C(=O)C(c2cc(Cl)cc(Cl)c2)=NC12CC(C(F)(F)F)CC(C(F)(F)F)C2. The van der Waals surface area contributed by atoms with Crippen LogP contribution in [0.5, 0.6) is 0 Å². The molecular weight excluding hydrogens is 639 g/mol. The lowest BCUT2D eigenvalue weighted by Crippen LogP contribution is -2.56. The molecule has 1 aliphatic carbocycles. The highest BCUT2D eigenvalue weighted by Crippen LogP contribution is 2.55. The molecule has 0 aromatic heterocycles. The summed E-state index contributed by atoms with van der Waals surface area (Å²) in [7, 11) is 0. The second-order valence-electron chi connectivity index (χ2n) is 10.8. The van der Waals surface area contributed by atoms with E-state index in [1.807, 2.05) is 0 Å². The summed E-state index contributed by atoms with van der Waals surface area (Å²) in [5, 5.41) is 11.4. The topological polar surface area (TPSA) is 99.1 Å². The van der Waals surface area contributed by atoms with E-state index >= 15 is 0 Å². The quantitative estimate of drug-likeness (QED) is 0.291. The maximum absolute atomic E-state index is 14.1. The highest BCUT2D eigenvalue weighted by Gasteiger charge is 2.62. The largest absolute Gasteiger partial charge is 0.481 e. The molecule has 0 saturated heterocycles. The van der Waals surface area contributed by atoms with Crippen molar-refractivity contribution >= 4 is 46.7 Å². The van der Waals surface area contributed by atoms with Crippen molar-refractivity contribution in [3.8, 4) is 0 Å². The third kappa shape index (κ3) is 7.14. The number of carbonyl (C=O) groups excluding carboxylic acids is 2. The van der Waals surface area contributed by atoms with Gasteiger partial charge in [0.25, 0.3) is 11.8 Å². The summed E-state index contributed by atoms with van der Waals surface area (Å²) in [5.41, 5.74) is -2.02. The van der Waals surface area contributed by atoms with Gasteiger partial charge in [0.05, 0.1) is 24.3 Å². The fraction of sp³-hybridized carbons (Fsp3) is 0.448. The predicted molar refractivity (Wildman–Crippen MR) is 150 cm³/mol. The van der Waals surface area contributed by atoms with Gasteiger partial charge in [-0.05, 0) is 48.7 Å². The van der Waals surface area contributed by atoms with E-state index < -0.39 is 72.9 Å². The summed E-state index contributed by atoms with van der Waals surface area (Å²) < 4.78 is 84.7. The molecule has 2 N–H and O–H groups in total. The minimum atomic E-state index is -4.99. The Morgan fingerprint density at radius 1 is 1.02 bits per heavy atom. The Kier molecular flexibility index (Phi) is 9.60. The minimum Gasteiger partial charge on any atom is -0.481 e. The van der Waals surface area contributed by atoms with Crippen LogP contribution in [-0.2, 0) is 9.59 Å². The molecular formula is C29H27Cl2F6N3O4. The van der Waals surface area contributed by atoms with Gasteiger partial charge in [-0.1, -0.05) is 42.3 Å². The van der Waals surface area contributed by atoms with Gasteiger partial charge in [-0.2, -0.15) is 26.3 Å². The molecule has 1 fully saturated rings. The Morgan fingerprint density at radius 2 is 1.57 bits per heavy atom. The smallest absolute Gasteiger partial charge is 0.391 e. The number of carboxylic acid groups (broad SMARTS) is 1. The maximum Gasteiger partial charge on any atom is 0.391 e. The zero-order valence-corrected chi connectivity index (χ0v) is 24.6. The van der Waals surface area contributed by atoms with E-state index in [9.17, 15) is 40.7 Å². The molecule has 1 spiro atoms. The van der Waals surface area contributed by atoms with Crippen LogP contribution >= 0.6 is 23.2 Å². The first-order valence-corrected chi connectivity index (χ1v) is 14.3. The maximum atomic E-state index is 14.1. The molecule has 2 aliphatic rings. The Morgan fingerprint density at radius 3 is 2.05 bits per heavy atom. The summed E-state index contributed by atoms with van der Waals surface area (Å²) in [6.45, 7) is 1.49. The van der Waals surface area contributed by atoms with E-state index in [-0.39, 0.29) is 46.3 Å². The molecule has 3 atom stereocenters. The van der Waals surface area contributed by atoms with Gasteiger partial charge in [0.1, 0.15) is 11.4 Å². The molecule has 2 amide bonds. The first-order chi connectivity index (χ1) is 20.4. The van der Waals surface area contributed by atoms with E-state index in [0.29, 0.717) is 5.56 Å². The fourth-order valence-electron chi connectivity index (χ4n) is 5.90. The molecule has 0 radical (unpaired) electrons. The Labute approximate surface area is 258 Å². The van der Waals surface area contributed by atoms with Crippen LogP contribution < -0.4 is 5.32 Å². The van der Waals surface area contributed by atoms with Crippen LogP contribution in [-0.4, -0.2) is 58.1 Å². The highest BCUT2D eigenvalue weighted by atomic mass is 35.5. The Bertz CT molecular complexity index is 1420. The third-order valence-electron chi connectivity index (χ3n) is 7.85. The van der Waals surface area contributed by atoms with Gasteiger partial charge in [-0.25, -0.2) is 0 Å². The van der Waals surface area contributed by atoms with Crippen LogP contribution in [0, 0.1) is 11.8 Å². The van der Waals surface area contributed by atoms with Crippen molar-refractivity contribution in [1.82, 2.24) is 10.2 Å². The van der Waals surface area contributed by atoms with E-state index in [1.165, 1.54) is 42.5 Å². The summed E-state index contributed by atoms with van der Waals surface area (Å²) in [6.07, 6.45) is -13.1. The molecule has 4 rings (SSSR count). The molecule has 1 heterocycles. The lowest BCUT2D eigenvalue weighted by molar-refractivity contribution is -0.239. The van der Waals surface area contributed by atoms with Gasteiger partial charge in [-0.15, -0.1) is 0 Å². The zero-order valence-electron chi connectivity index (χ0n) is 23.1. The van der Waals surface area contributed by atoms with Gasteiger partial charge in [-0.3, -0.25) is 19.4 Å². The summed E-state index contributed by atoms with van der Waals surface area (Å²) >= 11 is 12.2. The molecule has 1 aliphatic heterocycles. The molecule has 44 heavy (non-hydrogen) atoms. The summed E-state index contributed by atoms with van der Waals surface area (Å²) in [6, 6.07) is 8.59. The Balaban J connectivity index is 1.80. The number of nitrogens with zero attached hydrogens (tertiary/aromatic N) is 2. The van der Waals surface area contributed by atoms with Crippen LogP contribution in [0.3, 0.4) is 0 Å². The van der Waals surface area contributed by atoms with Crippen molar-refractivity contribution in [1.29, 1.82) is 0 Å². The van der Waals surface area contributed by atoms with Crippen LogP contribution in [0.4, 0.5) is 26.3 Å². The van der Waals surface area contributed by atoms with Crippen LogP contribution in [0.2, 0.25) is 10.0 Å². The number of hydrogen-bond acceptors (Lipinski definition) is 4. The predicted octanol–water partition coefficient (Wildman–Crippen LogP) is 7.22. The van der Waals surface area contributed by atoms with Crippen molar-refractivity contribution in [2.45, 2.75) is 63.1 Å². The van der Waals surface area contributed by atoms with Crippen LogP contribution in [0.15, 0.2) is 47.5 Å². The molecule has 2 unspecified atom stereocenters. The number of nitrogens with one attached hydrogen (secondary N) is 1. The van der Waals surface area contributed by atoms with Gasteiger partial charge in [0.15, 0.2) is 0 Å². The number of benzene rings is 2. The lowest BCUT2D eigenvalue weighted by Gasteiger charge is -2.48. The number of carbonyl (C=O) groups is 3. The molecule has 238 valence electrons. The summed E-state index contributed by atoms with van der Waals surface area (Å²) in [4.78, 5) is 42.6. The Hall–Kier alpha value is -3.32. The average molecular weight is 666 g/mol. The monoisotopic (exact) mass is 665 g/mol. The average Bonchev–Trinajstić information content (AvgIpc) is 3.18. The van der Waals surface area contributed by atoms with Crippen LogP contribution in [0.25, 0.3) is 0 Å². The standard InChI is InChI=1S/C29H27Cl2F6N3O4/c1-2-22(15-3-5-16(6-4-15)25(43)38-8-7-23(41)42)40-26(44)24(17-9-20(30)12-21(31)10-17)39-27(40)13-18(28(32,33)34)11-19(14-27)29(35,36)37/h3-6,9-10,12,18-19,22H,2,7-8,11,13-14H2,1H3,(H,38,43)(H,41,42)/t18?,19?,22-,27?/m1/s1. The number of aliphatic imine (C=N–C) groups is 1.